The Kier molecular flexibility index (Phi) is 4.08. The quantitative estimate of drug-likeness (QED) is 0.714. The average Bonchev–Trinajstić information content (AvgIpc) is 2.13. The van der Waals surface area contributed by atoms with Gasteiger partial charge in [0, 0.05) is 13.2 Å². The molecule has 2 fully saturated rings. The second-order valence-corrected chi connectivity index (χ2v) is 8.32. The molecule has 2 aliphatic heterocycles. The van der Waals surface area contributed by atoms with E-state index in [0.717, 1.165) is 12.8 Å². The number of hydrogen-bond acceptors (Lipinski definition) is 5. The molecular weight excluding hydrogens is 256 g/mol. The highest BCUT2D eigenvalue weighted by atomic mass is 28.4. The van der Waals surface area contributed by atoms with E-state index in [1.807, 2.05) is 27.7 Å². The highest BCUT2D eigenvalue weighted by molar-refractivity contribution is 6.52. The second kappa shape index (κ2) is 5.08. The standard InChI is InChI=1S/C10H20O5Si2/c1-9(2)5-7-11-16(13-9)15-17-12-8-6-10(3,4)14-17/h5-8H2,1-4H3. The van der Waals surface area contributed by atoms with E-state index in [1.165, 1.54) is 0 Å². The maximum Gasteiger partial charge on any atom is 0.570 e. The van der Waals surface area contributed by atoms with Gasteiger partial charge in [0.25, 0.3) is 0 Å². The van der Waals surface area contributed by atoms with E-state index in [9.17, 15) is 0 Å². The van der Waals surface area contributed by atoms with Crippen molar-refractivity contribution in [1.82, 2.24) is 0 Å². The van der Waals surface area contributed by atoms with E-state index in [4.69, 9.17) is 21.8 Å². The summed E-state index contributed by atoms with van der Waals surface area (Å²) in [6.07, 6.45) is 1.78. The summed E-state index contributed by atoms with van der Waals surface area (Å²) in [7, 11) is -3.42. The first-order chi connectivity index (χ1) is 7.86. The topological polar surface area (TPSA) is 46.2 Å². The van der Waals surface area contributed by atoms with Gasteiger partial charge in [-0.1, -0.05) is 0 Å². The van der Waals surface area contributed by atoms with Crippen LogP contribution in [-0.4, -0.2) is 43.5 Å². The van der Waals surface area contributed by atoms with Crippen molar-refractivity contribution < 1.29 is 21.8 Å². The van der Waals surface area contributed by atoms with Crippen LogP contribution in [0.5, 0.6) is 0 Å². The van der Waals surface area contributed by atoms with Crippen molar-refractivity contribution in [2.45, 2.75) is 51.7 Å². The lowest BCUT2D eigenvalue weighted by Crippen LogP contribution is -2.51. The molecule has 2 heterocycles. The van der Waals surface area contributed by atoms with Gasteiger partial charge in [-0.3, -0.25) is 0 Å². The third kappa shape index (κ3) is 4.13. The Hall–Kier alpha value is 0.234. The van der Waals surface area contributed by atoms with Crippen molar-refractivity contribution in [2.24, 2.45) is 0 Å². The Bertz CT molecular complexity index is 245. The molecule has 0 aliphatic carbocycles. The van der Waals surface area contributed by atoms with E-state index in [0.29, 0.717) is 13.2 Å². The molecule has 0 aromatic carbocycles. The van der Waals surface area contributed by atoms with Gasteiger partial charge in [-0.25, -0.2) is 0 Å². The molecule has 0 amide bonds. The van der Waals surface area contributed by atoms with Crippen LogP contribution in [0.25, 0.3) is 0 Å². The molecule has 0 atom stereocenters. The maximum atomic E-state index is 5.77. The van der Waals surface area contributed by atoms with Crippen molar-refractivity contribution in [2.75, 3.05) is 13.2 Å². The van der Waals surface area contributed by atoms with Crippen molar-refractivity contribution in [3.8, 4) is 0 Å². The van der Waals surface area contributed by atoms with Crippen molar-refractivity contribution in [1.29, 1.82) is 0 Å². The van der Waals surface area contributed by atoms with Crippen LogP contribution < -0.4 is 0 Å². The van der Waals surface area contributed by atoms with Crippen LogP contribution in [0.2, 0.25) is 0 Å². The number of rotatable bonds is 2. The van der Waals surface area contributed by atoms with Crippen LogP contribution in [-0.2, 0) is 21.8 Å². The minimum atomic E-state index is -1.71. The summed E-state index contributed by atoms with van der Waals surface area (Å²) >= 11 is 0. The molecule has 0 aromatic rings. The van der Waals surface area contributed by atoms with Crippen LogP contribution in [0.3, 0.4) is 0 Å². The maximum absolute atomic E-state index is 5.77. The summed E-state index contributed by atoms with van der Waals surface area (Å²) < 4.78 is 28.3. The zero-order chi connectivity index (χ0) is 12.5. The molecule has 0 unspecified atom stereocenters. The van der Waals surface area contributed by atoms with Gasteiger partial charge in [0.15, 0.2) is 0 Å². The van der Waals surface area contributed by atoms with Crippen LogP contribution >= 0.6 is 0 Å². The largest absolute Gasteiger partial charge is 0.570 e. The molecule has 0 saturated carbocycles. The summed E-state index contributed by atoms with van der Waals surface area (Å²) in [5.74, 6) is 0. The van der Waals surface area contributed by atoms with E-state index in [2.05, 4.69) is 0 Å². The lowest BCUT2D eigenvalue weighted by Gasteiger charge is -2.37. The molecule has 17 heavy (non-hydrogen) atoms. The molecular formula is C10H20O5Si2. The molecule has 0 aromatic heterocycles. The van der Waals surface area contributed by atoms with Crippen LogP contribution in [0.1, 0.15) is 40.5 Å². The first kappa shape index (κ1) is 13.7. The molecule has 2 radical (unpaired) electrons. The lowest BCUT2D eigenvalue weighted by molar-refractivity contribution is -0.0583. The van der Waals surface area contributed by atoms with Crippen molar-refractivity contribution in [3.63, 3.8) is 0 Å². The van der Waals surface area contributed by atoms with Gasteiger partial charge in [-0.05, 0) is 40.5 Å². The molecule has 98 valence electrons. The molecule has 0 N–H and O–H groups in total. The highest BCUT2D eigenvalue weighted by Crippen LogP contribution is 2.25. The Balaban J connectivity index is 1.84. The lowest BCUT2D eigenvalue weighted by atomic mass is 10.1. The minimum absolute atomic E-state index is 0.168. The van der Waals surface area contributed by atoms with Crippen LogP contribution in [0.15, 0.2) is 0 Å². The first-order valence-electron chi connectivity index (χ1n) is 5.92. The molecule has 5 nitrogen and oxygen atoms in total. The summed E-state index contributed by atoms with van der Waals surface area (Å²) in [6.45, 7) is 9.56. The van der Waals surface area contributed by atoms with Crippen molar-refractivity contribution >= 4 is 19.1 Å². The van der Waals surface area contributed by atoms with Crippen molar-refractivity contribution in [3.05, 3.63) is 0 Å². The summed E-state index contributed by atoms with van der Waals surface area (Å²) in [5, 5.41) is 0. The van der Waals surface area contributed by atoms with Gasteiger partial charge in [0.2, 0.25) is 0 Å². The first-order valence-corrected chi connectivity index (χ1v) is 8.37. The third-order valence-electron chi connectivity index (χ3n) is 2.73. The fraction of sp³-hybridized carbons (Fsp3) is 1.00. The molecule has 0 bridgehead atoms. The summed E-state index contributed by atoms with van der Waals surface area (Å²) in [6, 6.07) is 0. The van der Waals surface area contributed by atoms with E-state index < -0.39 is 19.1 Å². The minimum Gasteiger partial charge on any atom is -0.372 e. The van der Waals surface area contributed by atoms with Gasteiger partial charge in [-0.2, -0.15) is 0 Å². The molecule has 7 heteroatoms. The van der Waals surface area contributed by atoms with Crippen LogP contribution in [0.4, 0.5) is 0 Å². The summed E-state index contributed by atoms with van der Waals surface area (Å²) in [4.78, 5) is 0. The van der Waals surface area contributed by atoms with E-state index in [1.54, 1.807) is 0 Å². The monoisotopic (exact) mass is 276 g/mol. The molecule has 2 rings (SSSR count). The third-order valence-corrected chi connectivity index (χ3v) is 6.39. The smallest absolute Gasteiger partial charge is 0.372 e. The van der Waals surface area contributed by atoms with Gasteiger partial charge in [-0.15, -0.1) is 0 Å². The molecule has 2 aliphatic rings. The van der Waals surface area contributed by atoms with Crippen LogP contribution in [0, 0.1) is 0 Å². The Morgan fingerprint density at radius 3 is 1.59 bits per heavy atom. The average molecular weight is 276 g/mol. The molecule has 0 spiro atoms. The van der Waals surface area contributed by atoms with E-state index in [-0.39, 0.29) is 11.2 Å². The zero-order valence-electron chi connectivity index (χ0n) is 10.9. The fourth-order valence-electron chi connectivity index (χ4n) is 1.54. The van der Waals surface area contributed by atoms with Gasteiger partial charge in [0.1, 0.15) is 0 Å². The summed E-state index contributed by atoms with van der Waals surface area (Å²) in [5.41, 5.74) is -0.335. The molecule has 2 saturated heterocycles. The Morgan fingerprint density at radius 2 is 1.24 bits per heavy atom. The highest BCUT2D eigenvalue weighted by Gasteiger charge is 2.42. The Labute approximate surface area is 106 Å². The Morgan fingerprint density at radius 1 is 0.824 bits per heavy atom. The predicted molar refractivity (Wildman–Crippen MR) is 64.1 cm³/mol. The second-order valence-electron chi connectivity index (χ2n) is 5.52. The fourth-order valence-corrected chi connectivity index (χ4v) is 4.65. The number of hydrogen-bond donors (Lipinski definition) is 0. The normalized spacial score (nSPS) is 30.4. The predicted octanol–water partition coefficient (Wildman–Crippen LogP) is 1.40. The van der Waals surface area contributed by atoms with Gasteiger partial charge >= 0.3 is 19.1 Å². The van der Waals surface area contributed by atoms with Gasteiger partial charge in [0.05, 0.1) is 11.2 Å². The zero-order valence-corrected chi connectivity index (χ0v) is 12.9. The van der Waals surface area contributed by atoms with E-state index >= 15 is 0 Å². The SMILES string of the molecule is CC1(C)CCO[Si](O[Si]2OCCC(C)(C)O2)O1. The van der Waals surface area contributed by atoms with Gasteiger partial charge < -0.3 is 21.8 Å².